The molecule has 31 heavy (non-hydrogen) atoms. The van der Waals surface area contributed by atoms with Crippen LogP contribution in [-0.2, 0) is 19.6 Å². The summed E-state index contributed by atoms with van der Waals surface area (Å²) in [6.45, 7) is 6.26. The highest BCUT2D eigenvalue weighted by Crippen LogP contribution is 2.20. The fourth-order valence-electron chi connectivity index (χ4n) is 3.25. The van der Waals surface area contributed by atoms with Crippen LogP contribution in [0.4, 0.5) is 11.5 Å². The van der Waals surface area contributed by atoms with Crippen LogP contribution in [0.25, 0.3) is 0 Å². The van der Waals surface area contributed by atoms with Gasteiger partial charge >= 0.3 is 0 Å². The molecular formula is C21H23ClN8S. The molecule has 0 amide bonds. The molecule has 0 radical (unpaired) electrons. The van der Waals surface area contributed by atoms with E-state index in [1.54, 1.807) is 17.1 Å². The van der Waals surface area contributed by atoms with Gasteiger partial charge in [-0.25, -0.2) is 0 Å². The first-order valence-electron chi connectivity index (χ1n) is 9.90. The van der Waals surface area contributed by atoms with Crippen molar-refractivity contribution in [1.29, 1.82) is 0 Å². The third-order valence-corrected chi connectivity index (χ3v) is 5.34. The third kappa shape index (κ3) is 5.12. The molecule has 3 heterocycles. The standard InChI is InChI=1S/C21H23ClN8S/c1-3-30-15(2)17(9-24-30)12-28-13-18(10-23-28)25-21(31)26-20-19(22)14-29(27-20)11-16-7-5-4-6-8-16/h4-10,13-14H,3,11-12H2,1-2H3,(H2,25,26,27,31). The van der Waals surface area contributed by atoms with Crippen LogP contribution in [0.1, 0.15) is 23.7 Å². The summed E-state index contributed by atoms with van der Waals surface area (Å²) in [5, 5.41) is 20.3. The van der Waals surface area contributed by atoms with Gasteiger partial charge in [-0.1, -0.05) is 41.9 Å². The molecule has 4 rings (SSSR count). The Morgan fingerprint density at radius 3 is 2.58 bits per heavy atom. The normalized spacial score (nSPS) is 10.9. The number of anilines is 2. The Balaban J connectivity index is 1.35. The van der Waals surface area contributed by atoms with Crippen molar-refractivity contribution in [2.45, 2.75) is 33.5 Å². The van der Waals surface area contributed by atoms with Crippen molar-refractivity contribution < 1.29 is 0 Å². The highest BCUT2D eigenvalue weighted by molar-refractivity contribution is 7.80. The molecule has 0 saturated heterocycles. The molecule has 0 aliphatic heterocycles. The van der Waals surface area contributed by atoms with E-state index in [4.69, 9.17) is 23.8 Å². The van der Waals surface area contributed by atoms with Crippen molar-refractivity contribution in [2.75, 3.05) is 10.6 Å². The second kappa shape index (κ2) is 9.32. The largest absolute Gasteiger partial charge is 0.330 e. The summed E-state index contributed by atoms with van der Waals surface area (Å²) < 4.78 is 5.59. The number of thiocarbonyl (C=S) groups is 1. The fourth-order valence-corrected chi connectivity index (χ4v) is 3.66. The smallest absolute Gasteiger partial charge is 0.176 e. The van der Waals surface area contributed by atoms with Crippen molar-refractivity contribution in [3.05, 3.63) is 77.0 Å². The molecule has 0 fully saturated rings. The molecule has 0 unspecified atom stereocenters. The zero-order chi connectivity index (χ0) is 21.8. The van der Waals surface area contributed by atoms with Crippen LogP contribution in [0.3, 0.4) is 0 Å². The second-order valence-electron chi connectivity index (χ2n) is 7.09. The maximum Gasteiger partial charge on any atom is 0.176 e. The first-order chi connectivity index (χ1) is 15.0. The summed E-state index contributed by atoms with van der Waals surface area (Å²) in [6, 6.07) is 10.1. The van der Waals surface area contributed by atoms with Gasteiger partial charge in [0.05, 0.1) is 31.2 Å². The lowest BCUT2D eigenvalue weighted by atomic mass is 10.2. The van der Waals surface area contributed by atoms with Gasteiger partial charge in [-0.05, 0) is 31.6 Å². The number of halogens is 1. The highest BCUT2D eigenvalue weighted by atomic mass is 35.5. The molecule has 160 valence electrons. The van der Waals surface area contributed by atoms with Gasteiger partial charge in [-0.2, -0.15) is 15.3 Å². The van der Waals surface area contributed by atoms with Gasteiger partial charge in [-0.3, -0.25) is 14.0 Å². The van der Waals surface area contributed by atoms with Gasteiger partial charge in [0.2, 0.25) is 0 Å². The molecule has 4 aromatic rings. The summed E-state index contributed by atoms with van der Waals surface area (Å²) in [6.07, 6.45) is 7.28. The summed E-state index contributed by atoms with van der Waals surface area (Å²) >= 11 is 11.7. The molecular weight excluding hydrogens is 432 g/mol. The van der Waals surface area contributed by atoms with Crippen LogP contribution in [0.5, 0.6) is 0 Å². The molecule has 0 bridgehead atoms. The van der Waals surface area contributed by atoms with Gasteiger partial charge < -0.3 is 10.6 Å². The molecule has 0 atom stereocenters. The van der Waals surface area contributed by atoms with E-state index in [1.807, 2.05) is 52.1 Å². The predicted octanol–water partition coefficient (Wildman–Crippen LogP) is 4.16. The van der Waals surface area contributed by atoms with Crippen LogP contribution < -0.4 is 10.6 Å². The fraction of sp³-hybridized carbons (Fsp3) is 0.238. The average Bonchev–Trinajstić information content (AvgIpc) is 3.43. The highest BCUT2D eigenvalue weighted by Gasteiger charge is 2.11. The Hall–Kier alpha value is -3.17. The predicted molar refractivity (Wildman–Crippen MR) is 127 cm³/mol. The van der Waals surface area contributed by atoms with Gasteiger partial charge in [0.15, 0.2) is 10.9 Å². The van der Waals surface area contributed by atoms with E-state index in [9.17, 15) is 0 Å². The Kier molecular flexibility index (Phi) is 6.34. The van der Waals surface area contributed by atoms with E-state index < -0.39 is 0 Å². The molecule has 2 N–H and O–H groups in total. The average molecular weight is 455 g/mol. The molecule has 0 spiro atoms. The number of rotatable bonds is 7. The molecule has 3 aromatic heterocycles. The second-order valence-corrected chi connectivity index (χ2v) is 7.90. The van der Waals surface area contributed by atoms with E-state index in [2.05, 4.69) is 39.8 Å². The summed E-state index contributed by atoms with van der Waals surface area (Å²) in [7, 11) is 0. The first kappa shape index (κ1) is 21.1. The lowest BCUT2D eigenvalue weighted by molar-refractivity contribution is 0.633. The number of hydrogen-bond donors (Lipinski definition) is 2. The lowest BCUT2D eigenvalue weighted by Crippen LogP contribution is -2.19. The quantitative estimate of drug-likeness (QED) is 0.408. The maximum absolute atomic E-state index is 6.32. The van der Waals surface area contributed by atoms with Crippen LogP contribution >= 0.6 is 23.8 Å². The Morgan fingerprint density at radius 1 is 1.03 bits per heavy atom. The van der Waals surface area contributed by atoms with Crippen LogP contribution in [0.2, 0.25) is 5.02 Å². The molecule has 0 saturated carbocycles. The zero-order valence-corrected chi connectivity index (χ0v) is 18.9. The van der Waals surface area contributed by atoms with Gasteiger partial charge in [0.25, 0.3) is 0 Å². The zero-order valence-electron chi connectivity index (χ0n) is 17.3. The molecule has 0 aliphatic rings. The van der Waals surface area contributed by atoms with E-state index in [1.165, 1.54) is 0 Å². The number of aromatic nitrogens is 6. The van der Waals surface area contributed by atoms with Gasteiger partial charge in [0, 0.05) is 30.2 Å². The van der Waals surface area contributed by atoms with E-state index >= 15 is 0 Å². The topological polar surface area (TPSA) is 77.5 Å². The van der Waals surface area contributed by atoms with Crippen molar-refractivity contribution in [3.8, 4) is 0 Å². The summed E-state index contributed by atoms with van der Waals surface area (Å²) in [5.74, 6) is 0.505. The number of nitrogens with zero attached hydrogens (tertiary/aromatic N) is 6. The molecule has 8 nitrogen and oxygen atoms in total. The van der Waals surface area contributed by atoms with Crippen molar-refractivity contribution in [2.24, 2.45) is 0 Å². The van der Waals surface area contributed by atoms with Crippen molar-refractivity contribution in [3.63, 3.8) is 0 Å². The summed E-state index contributed by atoms with van der Waals surface area (Å²) in [4.78, 5) is 0. The third-order valence-electron chi connectivity index (χ3n) is 4.86. The Bertz CT molecular complexity index is 1180. The number of hydrogen-bond acceptors (Lipinski definition) is 4. The van der Waals surface area contributed by atoms with E-state index in [0.29, 0.717) is 29.0 Å². The minimum Gasteiger partial charge on any atom is -0.330 e. The maximum atomic E-state index is 6.32. The van der Waals surface area contributed by atoms with Crippen LogP contribution in [0, 0.1) is 6.92 Å². The monoisotopic (exact) mass is 454 g/mol. The van der Waals surface area contributed by atoms with E-state index in [0.717, 1.165) is 29.1 Å². The van der Waals surface area contributed by atoms with Gasteiger partial charge in [0.1, 0.15) is 5.02 Å². The van der Waals surface area contributed by atoms with Crippen LogP contribution in [-0.4, -0.2) is 34.5 Å². The molecule has 1 aromatic carbocycles. The first-order valence-corrected chi connectivity index (χ1v) is 10.7. The van der Waals surface area contributed by atoms with E-state index in [-0.39, 0.29) is 0 Å². The lowest BCUT2D eigenvalue weighted by Gasteiger charge is -2.07. The summed E-state index contributed by atoms with van der Waals surface area (Å²) in [5.41, 5.74) is 4.19. The van der Waals surface area contributed by atoms with Crippen molar-refractivity contribution in [1.82, 2.24) is 29.3 Å². The molecule has 10 heteroatoms. The number of aryl methyl sites for hydroxylation is 1. The number of benzene rings is 1. The number of nitrogens with one attached hydrogen (secondary N) is 2. The van der Waals surface area contributed by atoms with Gasteiger partial charge in [-0.15, -0.1) is 0 Å². The van der Waals surface area contributed by atoms with Crippen molar-refractivity contribution >= 4 is 40.4 Å². The SMILES string of the molecule is CCn1ncc(Cn2cc(NC(=S)Nc3nn(Cc4ccccc4)cc3Cl)cn2)c1C. The Labute approximate surface area is 190 Å². The van der Waals surface area contributed by atoms with Crippen LogP contribution in [0.15, 0.2) is 55.1 Å². The Morgan fingerprint density at radius 2 is 1.84 bits per heavy atom. The molecule has 0 aliphatic carbocycles. The minimum atomic E-state index is 0.390. The minimum absolute atomic E-state index is 0.390.